The number of aliphatic hydroxyl groups is 1. The number of carbonyl (C=O) groups is 4. The van der Waals surface area contributed by atoms with E-state index in [1.807, 2.05) is 6.07 Å². The number of nitrogens with one attached hydrogen (secondary N) is 2. The van der Waals surface area contributed by atoms with E-state index in [9.17, 15) is 24.3 Å². The molecular formula is C44H65N3O6. The number of fused-ring (bicyclic) bond motifs is 7. The minimum Gasteiger partial charge on any atom is -0.469 e. The topological polar surface area (TPSA) is 148 Å². The molecule has 6 rings (SSSR count). The van der Waals surface area contributed by atoms with E-state index in [0.717, 1.165) is 44.1 Å². The fourth-order valence-corrected chi connectivity index (χ4v) is 13.4. The van der Waals surface area contributed by atoms with Crippen LogP contribution in [-0.4, -0.2) is 54.6 Å². The molecule has 292 valence electrons. The molecular weight excluding hydrogens is 666 g/mol. The fraction of sp³-hybridized carbons (Fsp3) is 0.727. The van der Waals surface area contributed by atoms with E-state index >= 15 is 0 Å². The zero-order chi connectivity index (χ0) is 38.5. The van der Waals surface area contributed by atoms with Gasteiger partial charge < -0.3 is 26.2 Å². The minimum atomic E-state index is -0.995. The van der Waals surface area contributed by atoms with Crippen LogP contribution in [0.5, 0.6) is 0 Å². The Balaban J connectivity index is 1.14. The number of allylic oxidation sites excluding steroid dienone is 1. The summed E-state index contributed by atoms with van der Waals surface area (Å²) in [5.74, 6) is 1.49. The number of nitrogens with two attached hydrogens (primary N) is 1. The number of rotatable bonds is 11. The second-order valence-electron chi connectivity index (χ2n) is 18.8. The Bertz CT molecular complexity index is 1610. The molecule has 5 aliphatic carbocycles. The highest BCUT2D eigenvalue weighted by atomic mass is 16.5. The zero-order valence-electron chi connectivity index (χ0n) is 33.1. The smallest absolute Gasteiger partial charge is 0.305 e. The van der Waals surface area contributed by atoms with Gasteiger partial charge in [-0.25, -0.2) is 0 Å². The van der Waals surface area contributed by atoms with Gasteiger partial charge >= 0.3 is 5.97 Å². The largest absolute Gasteiger partial charge is 0.469 e. The lowest BCUT2D eigenvalue weighted by atomic mass is 9.36. The lowest BCUT2D eigenvalue weighted by molar-refractivity contribution is -0.216. The SMILES string of the molecule is C=C(C)C1CCC2(C(=O)NCCc3cccc(C(=O)NC(CCC(=O)OC)C(N)=O)c3)CCC3C(CCC4C3(C)CCC3C(C)(C)C(O)CCC34C)C12. The molecule has 5 N–H and O–H groups in total. The molecule has 0 aliphatic heterocycles. The summed E-state index contributed by atoms with van der Waals surface area (Å²) in [6.45, 7) is 16.9. The Morgan fingerprint density at radius 3 is 2.38 bits per heavy atom. The van der Waals surface area contributed by atoms with Crippen LogP contribution in [0.4, 0.5) is 0 Å². The van der Waals surface area contributed by atoms with Crippen LogP contribution in [0.2, 0.25) is 0 Å². The van der Waals surface area contributed by atoms with Crippen LogP contribution in [0.3, 0.4) is 0 Å². The van der Waals surface area contributed by atoms with E-state index in [2.05, 4.69) is 56.6 Å². The van der Waals surface area contributed by atoms with Gasteiger partial charge in [-0.05, 0) is 153 Å². The maximum Gasteiger partial charge on any atom is 0.305 e. The molecule has 0 spiro atoms. The summed E-state index contributed by atoms with van der Waals surface area (Å²) in [6.07, 6.45) is 11.1. The molecule has 0 radical (unpaired) electrons. The van der Waals surface area contributed by atoms with E-state index in [-0.39, 0.29) is 46.5 Å². The number of hydrogen-bond acceptors (Lipinski definition) is 6. The number of benzene rings is 1. The summed E-state index contributed by atoms with van der Waals surface area (Å²) in [5, 5.41) is 17.1. The molecule has 5 aliphatic rings. The first-order chi connectivity index (χ1) is 25.0. The van der Waals surface area contributed by atoms with E-state index in [1.165, 1.54) is 38.4 Å². The van der Waals surface area contributed by atoms with Crippen molar-refractivity contribution < 1.29 is 29.0 Å². The van der Waals surface area contributed by atoms with Crippen LogP contribution in [0.25, 0.3) is 0 Å². The second-order valence-corrected chi connectivity index (χ2v) is 18.8. The highest BCUT2D eigenvalue weighted by Gasteiger charge is 2.68. The minimum absolute atomic E-state index is 0.0368. The van der Waals surface area contributed by atoms with E-state index in [1.54, 1.807) is 18.2 Å². The lowest BCUT2D eigenvalue weighted by Crippen LogP contribution is -2.64. The predicted octanol–water partition coefficient (Wildman–Crippen LogP) is 6.51. The van der Waals surface area contributed by atoms with Gasteiger partial charge in [0.05, 0.1) is 18.6 Å². The molecule has 0 bridgehead atoms. The molecule has 1 aromatic carbocycles. The summed E-state index contributed by atoms with van der Waals surface area (Å²) in [4.78, 5) is 51.1. The highest BCUT2D eigenvalue weighted by molar-refractivity contribution is 5.97. The third-order valence-corrected chi connectivity index (χ3v) is 16.0. The molecule has 11 atom stereocenters. The van der Waals surface area contributed by atoms with Crippen molar-refractivity contribution in [3.05, 3.63) is 47.5 Å². The number of methoxy groups -OCH3 is 1. The van der Waals surface area contributed by atoms with Gasteiger partial charge in [-0.15, -0.1) is 0 Å². The standard InChI is InChI=1S/C44H65N3O6/c1-26(2)29-15-22-44(40(52)46-24-19-27-9-8-10-28(25-27)39(51)47-32(38(45)50)12-14-36(49)53-7)23-16-31-30(37(29)44)11-13-34-42(31,5)20-17-33-41(3,4)35(48)18-21-43(33,34)6/h8-10,25,29-35,37,48H,1,11-24H2,2-7H3,(H2,45,50)(H,46,52)(H,47,51). The first kappa shape index (κ1) is 39.5. The number of amides is 3. The Labute approximate surface area is 317 Å². The Hall–Kier alpha value is -3.20. The molecule has 0 saturated heterocycles. The number of ether oxygens (including phenoxy) is 1. The maximum atomic E-state index is 14.5. The van der Waals surface area contributed by atoms with Crippen molar-refractivity contribution in [2.75, 3.05) is 13.7 Å². The van der Waals surface area contributed by atoms with Gasteiger partial charge in [0, 0.05) is 18.5 Å². The van der Waals surface area contributed by atoms with Crippen molar-refractivity contribution in [3.63, 3.8) is 0 Å². The second kappa shape index (κ2) is 14.8. The van der Waals surface area contributed by atoms with Gasteiger partial charge in [-0.3, -0.25) is 19.2 Å². The maximum absolute atomic E-state index is 14.5. The van der Waals surface area contributed by atoms with Crippen LogP contribution in [-0.2, 0) is 25.5 Å². The van der Waals surface area contributed by atoms with Gasteiger partial charge in [0.15, 0.2) is 0 Å². The molecule has 11 unspecified atom stereocenters. The summed E-state index contributed by atoms with van der Waals surface area (Å²) in [5.41, 5.74) is 8.03. The highest BCUT2D eigenvalue weighted by Crippen LogP contribution is 2.73. The molecule has 9 nitrogen and oxygen atoms in total. The van der Waals surface area contributed by atoms with Crippen molar-refractivity contribution in [2.45, 2.75) is 130 Å². The van der Waals surface area contributed by atoms with Crippen molar-refractivity contribution in [3.8, 4) is 0 Å². The molecule has 1 aromatic rings. The monoisotopic (exact) mass is 731 g/mol. The molecule has 5 saturated carbocycles. The Morgan fingerprint density at radius 2 is 1.68 bits per heavy atom. The van der Waals surface area contributed by atoms with Crippen LogP contribution in [0.15, 0.2) is 36.4 Å². The van der Waals surface area contributed by atoms with Gasteiger partial charge in [-0.2, -0.15) is 0 Å². The fourth-order valence-electron chi connectivity index (χ4n) is 13.4. The number of aliphatic hydroxyl groups excluding tert-OH is 1. The van der Waals surface area contributed by atoms with Crippen LogP contribution in [0, 0.1) is 57.2 Å². The average Bonchev–Trinajstić information content (AvgIpc) is 3.53. The molecule has 3 amide bonds. The normalized spacial score (nSPS) is 37.5. The zero-order valence-corrected chi connectivity index (χ0v) is 33.1. The first-order valence-electron chi connectivity index (χ1n) is 20.4. The van der Waals surface area contributed by atoms with Gasteiger partial charge in [0.25, 0.3) is 5.91 Å². The summed E-state index contributed by atoms with van der Waals surface area (Å²) in [7, 11) is 1.27. The third-order valence-electron chi connectivity index (χ3n) is 16.0. The van der Waals surface area contributed by atoms with Crippen molar-refractivity contribution >= 4 is 23.7 Å². The van der Waals surface area contributed by atoms with Crippen molar-refractivity contribution in [2.24, 2.45) is 62.9 Å². The van der Waals surface area contributed by atoms with Gasteiger partial charge in [0.2, 0.25) is 11.8 Å². The number of primary amides is 1. The molecule has 9 heteroatoms. The van der Waals surface area contributed by atoms with Gasteiger partial charge in [0.1, 0.15) is 6.04 Å². The summed E-state index contributed by atoms with van der Waals surface area (Å²) in [6, 6.07) is 6.19. The average molecular weight is 732 g/mol. The Kier molecular flexibility index (Phi) is 11.0. The molecule has 0 aromatic heterocycles. The molecule has 5 fully saturated rings. The summed E-state index contributed by atoms with van der Waals surface area (Å²) < 4.78 is 4.65. The molecule has 53 heavy (non-hydrogen) atoms. The van der Waals surface area contributed by atoms with Crippen LogP contribution < -0.4 is 16.4 Å². The van der Waals surface area contributed by atoms with Crippen molar-refractivity contribution in [1.82, 2.24) is 10.6 Å². The first-order valence-corrected chi connectivity index (χ1v) is 20.4. The van der Waals surface area contributed by atoms with Crippen molar-refractivity contribution in [1.29, 1.82) is 0 Å². The quantitative estimate of drug-likeness (QED) is 0.151. The van der Waals surface area contributed by atoms with E-state index in [0.29, 0.717) is 54.0 Å². The van der Waals surface area contributed by atoms with Crippen LogP contribution >= 0.6 is 0 Å². The number of hydrogen-bond donors (Lipinski definition) is 4. The van der Waals surface area contributed by atoms with E-state index in [4.69, 9.17) is 5.73 Å². The Morgan fingerprint density at radius 1 is 0.962 bits per heavy atom. The van der Waals surface area contributed by atoms with E-state index < -0.39 is 23.8 Å². The lowest BCUT2D eigenvalue weighted by Gasteiger charge is -2.69. The number of esters is 1. The third kappa shape index (κ3) is 6.86. The van der Waals surface area contributed by atoms with Crippen LogP contribution in [0.1, 0.15) is 128 Å². The number of carbonyl (C=O) groups excluding carboxylic acids is 4. The molecule has 0 heterocycles. The predicted molar refractivity (Wildman–Crippen MR) is 205 cm³/mol. The van der Waals surface area contributed by atoms with Gasteiger partial charge in [-0.1, -0.05) is 52.0 Å². The summed E-state index contributed by atoms with van der Waals surface area (Å²) >= 11 is 0.